The Balaban J connectivity index is 1.61. The molecule has 0 spiro atoms. The number of rotatable bonds is 8. The molecule has 37 heavy (non-hydrogen) atoms. The van der Waals surface area contributed by atoms with Crippen molar-refractivity contribution >= 4 is 17.8 Å². The fraction of sp³-hybridized carbons (Fsp3) is 0.433. The number of carbonyl (C=O) groups excluding carboxylic acids is 3. The van der Waals surface area contributed by atoms with E-state index in [1.165, 1.54) is 0 Å². The average Bonchev–Trinajstić information content (AvgIpc) is 2.91. The third-order valence-corrected chi connectivity index (χ3v) is 6.50. The van der Waals surface area contributed by atoms with Crippen LogP contribution in [0.1, 0.15) is 43.7 Å². The van der Waals surface area contributed by atoms with Crippen LogP contribution in [0.15, 0.2) is 72.8 Å². The molecule has 7 heteroatoms. The van der Waals surface area contributed by atoms with E-state index in [0.717, 1.165) is 11.1 Å². The molecule has 0 fully saturated rings. The fourth-order valence-corrected chi connectivity index (χ4v) is 4.46. The van der Waals surface area contributed by atoms with E-state index in [1.54, 1.807) is 6.92 Å². The van der Waals surface area contributed by atoms with E-state index in [9.17, 15) is 19.5 Å². The number of benzene rings is 2. The van der Waals surface area contributed by atoms with Crippen LogP contribution >= 0.6 is 0 Å². The monoisotopic (exact) mass is 506 g/mol. The Labute approximate surface area is 219 Å². The van der Waals surface area contributed by atoms with Crippen LogP contribution in [0.2, 0.25) is 0 Å². The number of carbonyl (C=O) groups is 3. The summed E-state index contributed by atoms with van der Waals surface area (Å²) in [6.07, 6.45) is 6.72. The van der Waals surface area contributed by atoms with Crippen molar-refractivity contribution in [2.75, 3.05) is 13.2 Å². The maximum absolute atomic E-state index is 13.0. The van der Waals surface area contributed by atoms with Crippen LogP contribution < -0.4 is 10.6 Å². The Morgan fingerprint density at radius 1 is 1.03 bits per heavy atom. The van der Waals surface area contributed by atoms with Crippen LogP contribution in [0.25, 0.3) is 0 Å². The van der Waals surface area contributed by atoms with E-state index in [4.69, 9.17) is 4.74 Å². The summed E-state index contributed by atoms with van der Waals surface area (Å²) in [4.78, 5) is 38.6. The van der Waals surface area contributed by atoms with Gasteiger partial charge in [0.25, 0.3) is 0 Å². The van der Waals surface area contributed by atoms with Crippen LogP contribution in [0.5, 0.6) is 0 Å². The largest absolute Gasteiger partial charge is 0.463 e. The molecule has 1 aliphatic rings. The summed E-state index contributed by atoms with van der Waals surface area (Å²) >= 11 is 0. The van der Waals surface area contributed by atoms with Gasteiger partial charge in [-0.3, -0.25) is 14.4 Å². The topological polar surface area (TPSA) is 105 Å². The molecule has 0 aliphatic carbocycles. The standard InChI is InChI=1S/C30H38N2O5/c1-22-21-37-30(36)26(17-23-11-5-2-6-12-23)16-10-4-9-15-25(29(35)31-22)19-28(34)32-27(20-33)18-24-13-7-3-8-14-24/h2-9,11-14,22,25-27,33H,10,15-21H2,1H3,(H,31,35)(H,32,34). The quantitative estimate of drug-likeness (QED) is 0.376. The summed E-state index contributed by atoms with van der Waals surface area (Å²) in [6, 6.07) is 18.7. The number of cyclic esters (lactones) is 1. The molecule has 198 valence electrons. The number of hydrogen-bond acceptors (Lipinski definition) is 5. The van der Waals surface area contributed by atoms with Crippen molar-refractivity contribution in [1.82, 2.24) is 10.6 Å². The molecule has 1 heterocycles. The van der Waals surface area contributed by atoms with Gasteiger partial charge in [-0.15, -0.1) is 0 Å². The summed E-state index contributed by atoms with van der Waals surface area (Å²) in [6.45, 7) is 1.67. The second-order valence-corrected chi connectivity index (χ2v) is 9.75. The van der Waals surface area contributed by atoms with Crippen LogP contribution in [0.4, 0.5) is 0 Å². The minimum atomic E-state index is -0.564. The molecule has 0 bridgehead atoms. The molecule has 3 N–H and O–H groups in total. The van der Waals surface area contributed by atoms with Gasteiger partial charge in [-0.2, -0.15) is 0 Å². The van der Waals surface area contributed by atoms with Gasteiger partial charge in [-0.25, -0.2) is 0 Å². The molecule has 7 nitrogen and oxygen atoms in total. The lowest BCUT2D eigenvalue weighted by Crippen LogP contribution is -2.44. The normalized spacial score (nSPS) is 21.9. The van der Waals surface area contributed by atoms with Gasteiger partial charge in [0.1, 0.15) is 6.61 Å². The molecule has 2 aromatic rings. The van der Waals surface area contributed by atoms with Gasteiger partial charge in [0, 0.05) is 6.42 Å². The lowest BCUT2D eigenvalue weighted by molar-refractivity contribution is -0.150. The molecule has 2 aromatic carbocycles. The van der Waals surface area contributed by atoms with Crippen LogP contribution in [0.3, 0.4) is 0 Å². The Morgan fingerprint density at radius 2 is 1.70 bits per heavy atom. The van der Waals surface area contributed by atoms with Crippen molar-refractivity contribution in [2.24, 2.45) is 11.8 Å². The van der Waals surface area contributed by atoms with Crippen LogP contribution in [-0.4, -0.2) is 48.2 Å². The zero-order valence-electron chi connectivity index (χ0n) is 21.5. The van der Waals surface area contributed by atoms with Crippen molar-refractivity contribution in [3.63, 3.8) is 0 Å². The third-order valence-electron chi connectivity index (χ3n) is 6.50. The number of nitrogens with one attached hydrogen (secondary N) is 2. The molecule has 0 radical (unpaired) electrons. The van der Waals surface area contributed by atoms with Crippen LogP contribution in [0, 0.1) is 11.8 Å². The van der Waals surface area contributed by atoms with Gasteiger partial charge >= 0.3 is 5.97 Å². The van der Waals surface area contributed by atoms with Gasteiger partial charge in [0.05, 0.1) is 30.5 Å². The predicted octanol–water partition coefficient (Wildman–Crippen LogP) is 3.36. The van der Waals surface area contributed by atoms with E-state index >= 15 is 0 Å². The molecule has 4 unspecified atom stereocenters. The smallest absolute Gasteiger partial charge is 0.309 e. The van der Waals surface area contributed by atoms with Crippen molar-refractivity contribution in [2.45, 2.75) is 57.5 Å². The Morgan fingerprint density at radius 3 is 2.38 bits per heavy atom. The van der Waals surface area contributed by atoms with E-state index in [0.29, 0.717) is 32.1 Å². The van der Waals surface area contributed by atoms with Gasteiger partial charge in [-0.05, 0) is 50.2 Å². The van der Waals surface area contributed by atoms with Gasteiger partial charge in [-0.1, -0.05) is 72.8 Å². The summed E-state index contributed by atoms with van der Waals surface area (Å²) in [5.41, 5.74) is 2.09. The van der Waals surface area contributed by atoms with Crippen LogP contribution in [-0.2, 0) is 32.0 Å². The van der Waals surface area contributed by atoms with Crippen molar-refractivity contribution in [3.05, 3.63) is 83.9 Å². The number of aliphatic hydroxyl groups excluding tert-OH is 1. The number of amides is 2. The summed E-state index contributed by atoms with van der Waals surface area (Å²) in [7, 11) is 0. The first-order chi connectivity index (χ1) is 17.9. The molecule has 1 aliphatic heterocycles. The third kappa shape index (κ3) is 9.84. The number of allylic oxidation sites excluding steroid dienone is 2. The second-order valence-electron chi connectivity index (χ2n) is 9.75. The molecular formula is C30H38N2O5. The first kappa shape index (κ1) is 28.1. The molecule has 0 saturated carbocycles. The number of esters is 1. The molecule has 0 saturated heterocycles. The molecule has 3 rings (SSSR count). The van der Waals surface area contributed by atoms with Gasteiger partial charge in [0.2, 0.25) is 11.8 Å². The maximum atomic E-state index is 13.0. The SMILES string of the molecule is CC1COC(=O)C(Cc2ccccc2)CCC=CCC(CC(=O)NC(CO)Cc2ccccc2)C(=O)N1. The summed E-state index contributed by atoms with van der Waals surface area (Å²) in [5.74, 6) is -1.63. The number of hydrogen-bond donors (Lipinski definition) is 3. The Bertz CT molecular complexity index is 1020. The summed E-state index contributed by atoms with van der Waals surface area (Å²) < 4.78 is 5.56. The minimum Gasteiger partial charge on any atom is -0.463 e. The van der Waals surface area contributed by atoms with E-state index < -0.39 is 12.0 Å². The highest BCUT2D eigenvalue weighted by Gasteiger charge is 2.26. The highest BCUT2D eigenvalue weighted by Crippen LogP contribution is 2.19. The predicted molar refractivity (Wildman–Crippen MR) is 142 cm³/mol. The lowest BCUT2D eigenvalue weighted by Gasteiger charge is -2.21. The van der Waals surface area contributed by atoms with Crippen molar-refractivity contribution < 1.29 is 24.2 Å². The first-order valence-electron chi connectivity index (χ1n) is 13.0. The number of aliphatic hydroxyl groups is 1. The molecule has 4 atom stereocenters. The minimum absolute atomic E-state index is 0.00457. The van der Waals surface area contributed by atoms with E-state index in [2.05, 4.69) is 10.6 Å². The number of ether oxygens (including phenoxy) is 1. The molecular weight excluding hydrogens is 468 g/mol. The zero-order chi connectivity index (χ0) is 26.5. The average molecular weight is 507 g/mol. The van der Waals surface area contributed by atoms with Gasteiger partial charge in [0.15, 0.2) is 0 Å². The summed E-state index contributed by atoms with van der Waals surface area (Å²) in [5, 5.41) is 15.5. The van der Waals surface area contributed by atoms with E-state index in [1.807, 2.05) is 72.8 Å². The fourth-order valence-electron chi connectivity index (χ4n) is 4.46. The Hall–Kier alpha value is -3.45. The van der Waals surface area contributed by atoms with Crippen molar-refractivity contribution in [3.8, 4) is 0 Å². The highest BCUT2D eigenvalue weighted by molar-refractivity contribution is 5.86. The maximum Gasteiger partial charge on any atom is 0.309 e. The Kier molecular flexibility index (Phi) is 11.4. The molecule has 2 amide bonds. The van der Waals surface area contributed by atoms with E-state index in [-0.39, 0.29) is 49.4 Å². The lowest BCUT2D eigenvalue weighted by atomic mass is 9.94. The van der Waals surface area contributed by atoms with Crippen molar-refractivity contribution in [1.29, 1.82) is 0 Å². The highest BCUT2D eigenvalue weighted by atomic mass is 16.5. The second kappa shape index (κ2) is 15.0. The first-order valence-corrected chi connectivity index (χ1v) is 13.0. The zero-order valence-corrected chi connectivity index (χ0v) is 21.5. The van der Waals surface area contributed by atoms with Gasteiger partial charge < -0.3 is 20.5 Å². The molecule has 0 aromatic heterocycles.